The minimum Gasteiger partial charge on any atom is -0.508 e. The summed E-state index contributed by atoms with van der Waals surface area (Å²) < 4.78 is 4.73. The fourth-order valence-electron chi connectivity index (χ4n) is 2.68. The molecular formula is C16H23N3O4. The molecule has 1 fully saturated rings. The second-order valence-electron chi connectivity index (χ2n) is 5.55. The van der Waals surface area contributed by atoms with Gasteiger partial charge in [-0.15, -0.1) is 0 Å². The van der Waals surface area contributed by atoms with Gasteiger partial charge in [-0.05, 0) is 44.0 Å². The van der Waals surface area contributed by atoms with Crippen LogP contribution in [0.4, 0.5) is 0 Å². The van der Waals surface area contributed by atoms with Crippen LogP contribution in [0.5, 0.6) is 5.75 Å². The van der Waals surface area contributed by atoms with Crippen LogP contribution >= 0.6 is 0 Å². The Morgan fingerprint density at radius 3 is 2.96 bits per heavy atom. The lowest BCUT2D eigenvalue weighted by molar-refractivity contribution is -0.150. The lowest BCUT2D eigenvalue weighted by Crippen LogP contribution is -2.59. The lowest BCUT2D eigenvalue weighted by atomic mass is 10.0. The largest absolute Gasteiger partial charge is 0.508 e. The Hall–Kier alpha value is -2.12. The Morgan fingerprint density at radius 1 is 1.52 bits per heavy atom. The van der Waals surface area contributed by atoms with Gasteiger partial charge in [-0.25, -0.2) is 5.43 Å². The van der Waals surface area contributed by atoms with Gasteiger partial charge in [0.25, 0.3) is 5.91 Å². The normalized spacial score (nSPS) is 19.2. The van der Waals surface area contributed by atoms with Crippen LogP contribution in [0.25, 0.3) is 0 Å². The maximum absolute atomic E-state index is 12.7. The number of hydrogen-bond donors (Lipinski definition) is 3. The number of methoxy groups -OCH3 is 1. The van der Waals surface area contributed by atoms with Crippen LogP contribution in [0, 0.1) is 0 Å². The number of carbonyl (C=O) groups excluding carboxylic acids is 2. The van der Waals surface area contributed by atoms with E-state index in [1.165, 1.54) is 12.1 Å². The number of phenols is 1. The predicted molar refractivity (Wildman–Crippen MR) is 84.5 cm³/mol. The van der Waals surface area contributed by atoms with E-state index < -0.39 is 12.1 Å². The van der Waals surface area contributed by atoms with E-state index >= 15 is 0 Å². The molecule has 2 atom stereocenters. The number of hydrazine groups is 1. The van der Waals surface area contributed by atoms with Gasteiger partial charge >= 0.3 is 5.97 Å². The topological polar surface area (TPSA) is 90.9 Å². The average molecular weight is 321 g/mol. The third-order valence-electron chi connectivity index (χ3n) is 3.93. The van der Waals surface area contributed by atoms with Crippen molar-refractivity contribution in [1.82, 2.24) is 15.8 Å². The standard InChI is InChI=1S/C16H23N3O4/c1-17-14(10-11-5-3-6-12(20)9-11)15(21)19-8-4-7-13(18-19)16(22)23-2/h3,5-6,9,13-14,17-18,20H,4,7-8,10H2,1-2H3. The summed E-state index contributed by atoms with van der Waals surface area (Å²) >= 11 is 0. The van der Waals surface area contributed by atoms with E-state index in [0.29, 0.717) is 19.4 Å². The quantitative estimate of drug-likeness (QED) is 0.671. The summed E-state index contributed by atoms with van der Waals surface area (Å²) in [6.45, 7) is 0.546. The van der Waals surface area contributed by atoms with Crippen LogP contribution in [0.15, 0.2) is 24.3 Å². The molecule has 1 heterocycles. The third kappa shape index (κ3) is 4.43. The number of aromatic hydroxyl groups is 1. The minimum absolute atomic E-state index is 0.135. The number of amides is 1. The molecule has 126 valence electrons. The molecule has 0 aliphatic carbocycles. The first-order valence-corrected chi connectivity index (χ1v) is 7.65. The Labute approximate surface area is 135 Å². The Kier molecular flexibility index (Phi) is 5.95. The summed E-state index contributed by atoms with van der Waals surface area (Å²) in [5, 5.41) is 14.0. The van der Waals surface area contributed by atoms with Gasteiger partial charge in [0.05, 0.1) is 13.2 Å². The first-order chi connectivity index (χ1) is 11.0. The number of esters is 1. The van der Waals surface area contributed by atoms with Crippen molar-refractivity contribution in [3.63, 3.8) is 0 Å². The molecule has 1 aromatic rings. The highest BCUT2D eigenvalue weighted by atomic mass is 16.5. The van der Waals surface area contributed by atoms with E-state index in [9.17, 15) is 14.7 Å². The van der Waals surface area contributed by atoms with Crippen LogP contribution in [0.1, 0.15) is 18.4 Å². The maximum atomic E-state index is 12.7. The minimum atomic E-state index is -0.490. The third-order valence-corrected chi connectivity index (χ3v) is 3.93. The predicted octanol–water partition coefficient (Wildman–Crippen LogP) is 0.191. The summed E-state index contributed by atoms with van der Waals surface area (Å²) in [5.41, 5.74) is 3.80. The van der Waals surface area contributed by atoms with Crippen molar-refractivity contribution in [3.8, 4) is 5.75 Å². The molecule has 7 heteroatoms. The van der Waals surface area contributed by atoms with Crippen molar-refractivity contribution >= 4 is 11.9 Å². The van der Waals surface area contributed by atoms with Gasteiger partial charge in [0.1, 0.15) is 11.8 Å². The van der Waals surface area contributed by atoms with Crippen molar-refractivity contribution in [2.45, 2.75) is 31.3 Å². The lowest BCUT2D eigenvalue weighted by Gasteiger charge is -2.34. The van der Waals surface area contributed by atoms with Crippen LogP contribution < -0.4 is 10.7 Å². The molecule has 7 nitrogen and oxygen atoms in total. The van der Waals surface area contributed by atoms with Gasteiger partial charge in [0.15, 0.2) is 0 Å². The molecule has 2 unspecified atom stereocenters. The zero-order valence-corrected chi connectivity index (χ0v) is 13.4. The molecule has 1 amide bonds. The average Bonchev–Trinajstić information content (AvgIpc) is 2.58. The van der Waals surface area contributed by atoms with Gasteiger partial charge in [-0.1, -0.05) is 12.1 Å². The summed E-state index contributed by atoms with van der Waals surface area (Å²) in [6, 6.07) is 5.90. The molecule has 0 radical (unpaired) electrons. The van der Waals surface area contributed by atoms with Gasteiger partial charge in [0, 0.05) is 6.54 Å². The Morgan fingerprint density at radius 2 is 2.30 bits per heavy atom. The van der Waals surface area contributed by atoms with Crippen LogP contribution in [-0.2, 0) is 20.7 Å². The van der Waals surface area contributed by atoms with E-state index in [4.69, 9.17) is 4.74 Å². The van der Waals surface area contributed by atoms with Crippen molar-refractivity contribution < 1.29 is 19.4 Å². The first-order valence-electron chi connectivity index (χ1n) is 7.65. The number of phenolic OH excluding ortho intramolecular Hbond substituents is 1. The van der Waals surface area contributed by atoms with Crippen molar-refractivity contribution in [3.05, 3.63) is 29.8 Å². The summed E-state index contributed by atoms with van der Waals surface area (Å²) in [7, 11) is 3.05. The number of nitrogens with zero attached hydrogens (tertiary/aromatic N) is 1. The van der Waals surface area contributed by atoms with E-state index in [0.717, 1.165) is 12.0 Å². The zero-order chi connectivity index (χ0) is 16.8. The zero-order valence-electron chi connectivity index (χ0n) is 13.4. The Bertz CT molecular complexity index is 564. The first kappa shape index (κ1) is 17.2. The van der Waals surface area contributed by atoms with Crippen LogP contribution in [0.3, 0.4) is 0 Å². The number of benzene rings is 1. The van der Waals surface area contributed by atoms with Gasteiger partial charge in [-0.2, -0.15) is 0 Å². The van der Waals surface area contributed by atoms with Gasteiger partial charge in [0.2, 0.25) is 0 Å². The van der Waals surface area contributed by atoms with E-state index in [-0.39, 0.29) is 17.6 Å². The van der Waals surface area contributed by atoms with E-state index in [2.05, 4.69) is 10.7 Å². The number of carbonyl (C=O) groups is 2. The summed E-state index contributed by atoms with van der Waals surface area (Å²) in [6.07, 6.45) is 1.83. The van der Waals surface area contributed by atoms with E-state index in [1.54, 1.807) is 25.2 Å². The number of rotatable bonds is 5. The van der Waals surface area contributed by atoms with Crippen molar-refractivity contribution in [1.29, 1.82) is 0 Å². The smallest absolute Gasteiger partial charge is 0.324 e. The maximum Gasteiger partial charge on any atom is 0.324 e. The molecule has 1 saturated heterocycles. The van der Waals surface area contributed by atoms with E-state index in [1.807, 2.05) is 6.07 Å². The molecule has 0 aromatic heterocycles. The summed E-state index contributed by atoms with van der Waals surface area (Å²) in [5.74, 6) is -0.326. The molecule has 0 saturated carbocycles. The number of hydrogen-bond acceptors (Lipinski definition) is 6. The fourth-order valence-corrected chi connectivity index (χ4v) is 2.68. The Balaban J connectivity index is 2.02. The highest BCUT2D eigenvalue weighted by Crippen LogP contribution is 2.15. The second kappa shape index (κ2) is 7.94. The molecule has 2 rings (SSSR count). The molecule has 23 heavy (non-hydrogen) atoms. The number of likely N-dealkylation sites (N-methyl/N-ethyl adjacent to an activating group) is 1. The second-order valence-corrected chi connectivity index (χ2v) is 5.55. The number of nitrogens with one attached hydrogen (secondary N) is 2. The highest BCUT2D eigenvalue weighted by Gasteiger charge is 2.31. The van der Waals surface area contributed by atoms with Gasteiger partial charge in [-0.3, -0.25) is 14.6 Å². The monoisotopic (exact) mass is 321 g/mol. The van der Waals surface area contributed by atoms with Crippen molar-refractivity contribution in [2.75, 3.05) is 20.7 Å². The number of ether oxygens (including phenoxy) is 1. The SMILES string of the molecule is CNC(Cc1cccc(O)c1)C(=O)N1CCCC(C(=O)OC)N1. The molecule has 1 aromatic carbocycles. The van der Waals surface area contributed by atoms with Crippen LogP contribution in [-0.4, -0.2) is 54.8 Å². The van der Waals surface area contributed by atoms with Gasteiger partial charge < -0.3 is 15.2 Å². The molecule has 1 aliphatic heterocycles. The highest BCUT2D eigenvalue weighted by molar-refractivity contribution is 5.83. The fraction of sp³-hybridized carbons (Fsp3) is 0.500. The molecule has 0 bridgehead atoms. The van der Waals surface area contributed by atoms with Crippen LogP contribution in [0.2, 0.25) is 0 Å². The molecule has 0 spiro atoms. The molecule has 3 N–H and O–H groups in total. The summed E-state index contributed by atoms with van der Waals surface area (Å²) in [4.78, 5) is 24.3. The molecular weight excluding hydrogens is 298 g/mol. The van der Waals surface area contributed by atoms with Crippen molar-refractivity contribution in [2.24, 2.45) is 0 Å². The molecule has 1 aliphatic rings.